The molecular formula is C16H19N3O3. The van der Waals surface area contributed by atoms with E-state index in [1.54, 1.807) is 10.9 Å². The summed E-state index contributed by atoms with van der Waals surface area (Å²) in [7, 11) is 0. The number of hydrogen-bond acceptors (Lipinski definition) is 3. The van der Waals surface area contributed by atoms with E-state index in [0.29, 0.717) is 13.1 Å². The number of carboxylic acids is 1. The van der Waals surface area contributed by atoms with Gasteiger partial charge in [0.05, 0.1) is 11.7 Å². The molecule has 6 heteroatoms. The summed E-state index contributed by atoms with van der Waals surface area (Å²) in [5.41, 5.74) is 0.955. The minimum absolute atomic E-state index is 0.0441. The van der Waals surface area contributed by atoms with Gasteiger partial charge in [-0.3, -0.25) is 14.3 Å². The van der Waals surface area contributed by atoms with E-state index in [4.69, 9.17) is 5.11 Å². The number of aromatic nitrogens is 2. The van der Waals surface area contributed by atoms with E-state index in [2.05, 4.69) is 5.10 Å². The maximum absolute atomic E-state index is 12.4. The maximum Gasteiger partial charge on any atom is 0.303 e. The quantitative estimate of drug-likeness (QED) is 0.933. The average Bonchev–Trinajstić information content (AvgIpc) is 2.91. The number of carbonyl (C=O) groups excluding carboxylic acids is 1. The van der Waals surface area contributed by atoms with Crippen molar-refractivity contribution >= 4 is 22.8 Å². The molecular weight excluding hydrogens is 282 g/mol. The summed E-state index contributed by atoms with van der Waals surface area (Å²) in [6, 6.07) is 7.81. The summed E-state index contributed by atoms with van der Waals surface area (Å²) in [5.74, 6) is -0.525. The molecule has 0 bridgehead atoms. The Kier molecular flexibility index (Phi) is 4.09. The zero-order valence-electron chi connectivity index (χ0n) is 12.3. The fourth-order valence-electron chi connectivity index (χ4n) is 3.01. The summed E-state index contributed by atoms with van der Waals surface area (Å²) in [6.45, 7) is 1.50. The van der Waals surface area contributed by atoms with Crippen LogP contribution in [0.15, 0.2) is 30.5 Å². The topological polar surface area (TPSA) is 75.4 Å². The predicted molar refractivity (Wildman–Crippen MR) is 81.3 cm³/mol. The summed E-state index contributed by atoms with van der Waals surface area (Å²) in [5, 5.41) is 14.1. The van der Waals surface area contributed by atoms with Gasteiger partial charge in [-0.25, -0.2) is 0 Å². The second-order valence-electron chi connectivity index (χ2n) is 5.78. The third kappa shape index (κ3) is 3.10. The lowest BCUT2D eigenvalue weighted by atomic mass is 9.93. The van der Waals surface area contributed by atoms with Gasteiger partial charge in [0.15, 0.2) is 0 Å². The summed E-state index contributed by atoms with van der Waals surface area (Å²) in [6.07, 6.45) is 3.49. The summed E-state index contributed by atoms with van der Waals surface area (Å²) < 4.78 is 1.72. The van der Waals surface area contributed by atoms with E-state index in [-0.39, 0.29) is 24.8 Å². The molecule has 0 atom stereocenters. The van der Waals surface area contributed by atoms with E-state index < -0.39 is 5.97 Å². The Balaban J connectivity index is 1.60. The van der Waals surface area contributed by atoms with Gasteiger partial charge in [-0.05, 0) is 24.8 Å². The van der Waals surface area contributed by atoms with Gasteiger partial charge >= 0.3 is 5.97 Å². The van der Waals surface area contributed by atoms with Crippen LogP contribution in [0.3, 0.4) is 0 Å². The highest BCUT2D eigenvalue weighted by molar-refractivity contribution is 5.82. The largest absolute Gasteiger partial charge is 0.481 e. The van der Waals surface area contributed by atoms with Crippen LogP contribution in [0.4, 0.5) is 0 Å². The van der Waals surface area contributed by atoms with Crippen LogP contribution in [0.25, 0.3) is 10.9 Å². The lowest BCUT2D eigenvalue weighted by molar-refractivity contribution is -0.138. The lowest BCUT2D eigenvalue weighted by Crippen LogP contribution is -2.40. The Hall–Kier alpha value is -2.37. The van der Waals surface area contributed by atoms with E-state index in [1.165, 1.54) is 0 Å². The number of benzene rings is 1. The Labute approximate surface area is 128 Å². The first-order chi connectivity index (χ1) is 10.6. The molecule has 1 aromatic heterocycles. The highest BCUT2D eigenvalue weighted by atomic mass is 16.4. The fraction of sp³-hybridized carbons (Fsp3) is 0.438. The molecule has 1 amide bonds. The Morgan fingerprint density at radius 1 is 1.23 bits per heavy atom. The van der Waals surface area contributed by atoms with Crippen LogP contribution in [0.1, 0.15) is 19.3 Å². The standard InChI is InChI=1S/C16H19N3O3/c20-15(18-7-5-12(6-8-18)9-16(21)22)11-19-14-4-2-1-3-13(14)10-17-19/h1-4,10,12H,5-9,11H2,(H,21,22). The molecule has 1 fully saturated rings. The second kappa shape index (κ2) is 6.17. The molecule has 0 radical (unpaired) electrons. The monoisotopic (exact) mass is 301 g/mol. The van der Waals surface area contributed by atoms with E-state index in [1.807, 2.05) is 29.2 Å². The molecule has 1 aliphatic heterocycles. The number of hydrogen-bond donors (Lipinski definition) is 1. The number of likely N-dealkylation sites (tertiary alicyclic amines) is 1. The molecule has 1 aliphatic rings. The molecule has 0 saturated carbocycles. The Morgan fingerprint density at radius 3 is 2.68 bits per heavy atom. The summed E-state index contributed by atoms with van der Waals surface area (Å²) in [4.78, 5) is 24.9. The van der Waals surface area contributed by atoms with Crippen molar-refractivity contribution in [1.82, 2.24) is 14.7 Å². The first kappa shape index (κ1) is 14.6. The van der Waals surface area contributed by atoms with Crippen LogP contribution in [0.2, 0.25) is 0 Å². The molecule has 6 nitrogen and oxygen atoms in total. The number of para-hydroxylation sites is 1. The molecule has 0 unspecified atom stereocenters. The molecule has 1 saturated heterocycles. The lowest BCUT2D eigenvalue weighted by Gasteiger charge is -2.31. The third-order valence-corrected chi connectivity index (χ3v) is 4.27. The number of amides is 1. The van der Waals surface area contributed by atoms with Gasteiger partial charge in [0, 0.05) is 24.9 Å². The predicted octanol–water partition coefficient (Wildman–Crippen LogP) is 1.75. The van der Waals surface area contributed by atoms with Gasteiger partial charge in [0.25, 0.3) is 0 Å². The number of piperidine rings is 1. The van der Waals surface area contributed by atoms with Crippen molar-refractivity contribution in [3.8, 4) is 0 Å². The number of fused-ring (bicyclic) bond motifs is 1. The molecule has 0 spiro atoms. The van der Waals surface area contributed by atoms with Crippen LogP contribution in [0, 0.1) is 5.92 Å². The minimum Gasteiger partial charge on any atom is -0.481 e. The number of carboxylic acid groups (broad SMARTS) is 1. The van der Waals surface area contributed by atoms with Gasteiger partial charge in [0.2, 0.25) is 5.91 Å². The van der Waals surface area contributed by atoms with Crippen molar-refractivity contribution in [3.05, 3.63) is 30.5 Å². The molecule has 3 rings (SSSR count). The number of rotatable bonds is 4. The van der Waals surface area contributed by atoms with Crippen molar-refractivity contribution < 1.29 is 14.7 Å². The van der Waals surface area contributed by atoms with Crippen LogP contribution in [0.5, 0.6) is 0 Å². The first-order valence-electron chi connectivity index (χ1n) is 7.53. The Morgan fingerprint density at radius 2 is 1.95 bits per heavy atom. The molecule has 1 N–H and O–H groups in total. The van der Waals surface area contributed by atoms with Crippen molar-refractivity contribution in [2.75, 3.05) is 13.1 Å². The number of carbonyl (C=O) groups is 2. The second-order valence-corrected chi connectivity index (χ2v) is 5.78. The first-order valence-corrected chi connectivity index (χ1v) is 7.53. The van der Waals surface area contributed by atoms with E-state index >= 15 is 0 Å². The molecule has 0 aliphatic carbocycles. The zero-order chi connectivity index (χ0) is 15.5. The van der Waals surface area contributed by atoms with Crippen molar-refractivity contribution in [1.29, 1.82) is 0 Å². The molecule has 2 aromatic rings. The highest BCUT2D eigenvalue weighted by Crippen LogP contribution is 2.21. The molecule has 1 aromatic carbocycles. The molecule has 22 heavy (non-hydrogen) atoms. The van der Waals surface area contributed by atoms with Gasteiger partial charge in [-0.2, -0.15) is 5.10 Å². The Bertz CT molecular complexity index is 687. The van der Waals surface area contributed by atoms with Crippen LogP contribution >= 0.6 is 0 Å². The van der Waals surface area contributed by atoms with Crippen LogP contribution in [-0.2, 0) is 16.1 Å². The van der Waals surface area contributed by atoms with Crippen LogP contribution < -0.4 is 0 Å². The minimum atomic E-state index is -0.757. The van der Waals surface area contributed by atoms with Gasteiger partial charge in [-0.15, -0.1) is 0 Å². The van der Waals surface area contributed by atoms with Crippen LogP contribution in [-0.4, -0.2) is 44.8 Å². The average molecular weight is 301 g/mol. The third-order valence-electron chi connectivity index (χ3n) is 4.27. The maximum atomic E-state index is 12.4. The highest BCUT2D eigenvalue weighted by Gasteiger charge is 2.24. The van der Waals surface area contributed by atoms with Crippen molar-refractivity contribution in [3.63, 3.8) is 0 Å². The number of aliphatic carboxylic acids is 1. The van der Waals surface area contributed by atoms with Gasteiger partial charge in [-0.1, -0.05) is 18.2 Å². The fourth-order valence-corrected chi connectivity index (χ4v) is 3.01. The molecule has 2 heterocycles. The zero-order valence-corrected chi connectivity index (χ0v) is 12.3. The SMILES string of the molecule is O=C(O)CC1CCN(C(=O)Cn2ncc3ccccc32)CC1. The molecule has 116 valence electrons. The van der Waals surface area contributed by atoms with Gasteiger partial charge < -0.3 is 10.0 Å². The van der Waals surface area contributed by atoms with Crippen molar-refractivity contribution in [2.24, 2.45) is 5.92 Å². The van der Waals surface area contributed by atoms with Crippen molar-refractivity contribution in [2.45, 2.75) is 25.8 Å². The van der Waals surface area contributed by atoms with E-state index in [0.717, 1.165) is 23.7 Å². The van der Waals surface area contributed by atoms with E-state index in [9.17, 15) is 9.59 Å². The smallest absolute Gasteiger partial charge is 0.303 e. The van der Waals surface area contributed by atoms with Gasteiger partial charge in [0.1, 0.15) is 6.54 Å². The number of nitrogens with zero attached hydrogens (tertiary/aromatic N) is 3. The normalized spacial score (nSPS) is 16.1. The summed E-state index contributed by atoms with van der Waals surface area (Å²) >= 11 is 0.